The molecule has 14 unspecified atom stereocenters. The van der Waals surface area contributed by atoms with E-state index in [1.54, 1.807) is 39.8 Å². The summed E-state index contributed by atoms with van der Waals surface area (Å²) in [5, 5.41) is 60.3. The molecular weight excluding hydrogens is 823 g/mol. The molecule has 2 saturated heterocycles. The van der Waals surface area contributed by atoms with Crippen molar-refractivity contribution in [3.05, 3.63) is 81.2 Å². The third kappa shape index (κ3) is 7.42. The summed E-state index contributed by atoms with van der Waals surface area (Å²) in [4.78, 5) is 55.6. The summed E-state index contributed by atoms with van der Waals surface area (Å²) in [5.41, 5.74) is -3.46. The van der Waals surface area contributed by atoms with Crippen LogP contribution in [0.1, 0.15) is 110 Å². The Morgan fingerprint density at radius 2 is 1.67 bits per heavy atom. The minimum absolute atomic E-state index is 0.0167. The predicted molar refractivity (Wildman–Crippen MR) is 235 cm³/mol. The predicted octanol–water partition coefficient (Wildman–Crippen LogP) is 6.71. The number of esters is 1. The van der Waals surface area contributed by atoms with E-state index in [0.717, 1.165) is 16.7 Å². The largest absolute Gasteiger partial charge is 0.511 e. The second kappa shape index (κ2) is 16.6. The number of aryl methyl sites for hydroxylation is 1. The van der Waals surface area contributed by atoms with Crippen LogP contribution < -0.4 is 10.1 Å². The molecule has 7 rings (SSSR count). The quantitative estimate of drug-likeness (QED) is 0.0995. The first-order valence-corrected chi connectivity index (χ1v) is 22.4. The normalized spacial score (nSPS) is 41.7. The van der Waals surface area contributed by atoms with Gasteiger partial charge in [0.1, 0.15) is 34.5 Å². The van der Waals surface area contributed by atoms with Crippen molar-refractivity contribution in [1.82, 2.24) is 5.32 Å². The molecule has 2 bridgehead atoms. The number of Topliss-reactive ketones (excluding diaryl/α,β-unsaturated/α-hetero) is 1. The number of hydrogen-bond acceptors (Lipinski definition) is 12. The highest BCUT2D eigenvalue weighted by atomic mass is 16.7. The van der Waals surface area contributed by atoms with Gasteiger partial charge in [-0.1, -0.05) is 61.8 Å². The molecule has 64 heavy (non-hydrogen) atoms. The van der Waals surface area contributed by atoms with Crippen molar-refractivity contribution in [3.8, 4) is 11.5 Å². The minimum atomic E-state index is -1.97. The molecule has 14 heteroatoms. The molecule has 2 aliphatic heterocycles. The van der Waals surface area contributed by atoms with Crippen molar-refractivity contribution in [3.63, 3.8) is 0 Å². The molecule has 4 aliphatic carbocycles. The van der Waals surface area contributed by atoms with Crippen molar-refractivity contribution in [2.24, 2.45) is 40.4 Å². The molecule has 1 saturated carbocycles. The SMILES string of the molecule is COc1cc(C)c(C(=O)NC2C(C)OC(OC3CC(C)=CC4C3CC(C)C3/C(C)=C\CC/C(C)=C/C5(C)C=C(C(=O)O)C(C)CC56OC(=O)C(=C(O)C43C)C6=O)C(O)C2(C)O)c(O)c1. The number of ketones is 1. The topological polar surface area (TPSA) is 218 Å². The van der Waals surface area contributed by atoms with E-state index >= 15 is 4.79 Å². The van der Waals surface area contributed by atoms with Gasteiger partial charge in [0.25, 0.3) is 5.91 Å². The van der Waals surface area contributed by atoms with Crippen LogP contribution in [0.4, 0.5) is 0 Å². The van der Waals surface area contributed by atoms with Crippen LogP contribution in [-0.2, 0) is 28.6 Å². The fourth-order valence-electron chi connectivity index (χ4n) is 12.6. The highest BCUT2D eigenvalue weighted by Crippen LogP contribution is 2.62. The number of benzene rings is 1. The van der Waals surface area contributed by atoms with Crippen LogP contribution in [-0.4, -0.2) is 98.1 Å². The summed E-state index contributed by atoms with van der Waals surface area (Å²) in [5.74, 6) is -5.72. The van der Waals surface area contributed by atoms with Crippen LogP contribution in [0.25, 0.3) is 0 Å². The van der Waals surface area contributed by atoms with Crippen molar-refractivity contribution in [1.29, 1.82) is 0 Å². The Bertz CT molecular complexity index is 2280. The summed E-state index contributed by atoms with van der Waals surface area (Å²) in [7, 11) is 1.44. The third-order valence-electron chi connectivity index (χ3n) is 15.7. The average molecular weight is 888 g/mol. The number of methoxy groups -OCH3 is 1. The van der Waals surface area contributed by atoms with Crippen LogP contribution in [0.3, 0.4) is 0 Å². The van der Waals surface area contributed by atoms with Gasteiger partial charge in [-0.25, -0.2) is 9.59 Å². The molecule has 348 valence electrons. The zero-order valence-electron chi connectivity index (χ0n) is 38.8. The van der Waals surface area contributed by atoms with Gasteiger partial charge < -0.3 is 49.8 Å². The molecule has 3 fully saturated rings. The highest BCUT2D eigenvalue weighted by molar-refractivity contribution is 6.26. The van der Waals surface area contributed by atoms with E-state index in [-0.39, 0.29) is 46.8 Å². The number of phenolic OH excluding ortho intramolecular Hbond substituents is 1. The molecule has 0 radical (unpaired) electrons. The zero-order chi connectivity index (χ0) is 47.2. The minimum Gasteiger partial charge on any atom is -0.511 e. The number of rotatable bonds is 6. The maximum atomic E-state index is 15.2. The number of aliphatic hydroxyl groups is 3. The Morgan fingerprint density at radius 3 is 2.31 bits per heavy atom. The lowest BCUT2D eigenvalue weighted by Crippen LogP contribution is -2.70. The number of allylic oxidation sites excluding steroid dienone is 5. The van der Waals surface area contributed by atoms with E-state index in [4.69, 9.17) is 18.9 Å². The number of aliphatic carboxylic acids is 1. The van der Waals surface area contributed by atoms with Gasteiger partial charge in [-0.15, -0.1) is 0 Å². The van der Waals surface area contributed by atoms with E-state index in [1.165, 1.54) is 20.1 Å². The average Bonchev–Trinajstić information content (AvgIpc) is 3.45. The van der Waals surface area contributed by atoms with E-state index in [0.29, 0.717) is 37.0 Å². The van der Waals surface area contributed by atoms with Crippen molar-refractivity contribution < 1.29 is 63.7 Å². The van der Waals surface area contributed by atoms with Crippen LogP contribution in [0.5, 0.6) is 11.5 Å². The van der Waals surface area contributed by atoms with Gasteiger partial charge in [0, 0.05) is 23.5 Å². The number of carbonyl (C=O) groups is 4. The highest BCUT2D eigenvalue weighted by Gasteiger charge is 2.67. The summed E-state index contributed by atoms with van der Waals surface area (Å²) in [6, 6.07) is 1.78. The summed E-state index contributed by atoms with van der Waals surface area (Å²) < 4.78 is 24.5. The molecule has 1 spiro atoms. The van der Waals surface area contributed by atoms with E-state index in [2.05, 4.69) is 24.4 Å². The number of carboxylic acid groups (broad SMARTS) is 1. The molecule has 1 amide bonds. The van der Waals surface area contributed by atoms with Crippen LogP contribution in [0.15, 0.2) is 70.1 Å². The summed E-state index contributed by atoms with van der Waals surface area (Å²) in [6.07, 6.45) is 5.30. The molecule has 14 atom stereocenters. The molecule has 14 nitrogen and oxygen atoms in total. The lowest BCUT2D eigenvalue weighted by molar-refractivity contribution is -0.315. The molecule has 1 aromatic rings. The molecule has 6 N–H and O–H groups in total. The second-order valence-corrected chi connectivity index (χ2v) is 20.3. The van der Waals surface area contributed by atoms with Gasteiger partial charge >= 0.3 is 11.9 Å². The van der Waals surface area contributed by atoms with E-state index < -0.39 is 93.7 Å². The Kier molecular flexibility index (Phi) is 12.2. The molecular formula is C50H65NO13. The van der Waals surface area contributed by atoms with E-state index in [9.17, 15) is 39.9 Å². The smallest absolute Gasteiger partial charge is 0.346 e. The number of carbonyl (C=O) groups excluding carboxylic acids is 3. The number of aliphatic hydroxyl groups excluding tert-OH is 2. The first-order valence-electron chi connectivity index (χ1n) is 22.4. The zero-order valence-corrected chi connectivity index (χ0v) is 38.8. The van der Waals surface area contributed by atoms with Crippen molar-refractivity contribution in [2.45, 2.75) is 143 Å². The van der Waals surface area contributed by atoms with Gasteiger partial charge in [0.05, 0.1) is 36.3 Å². The lowest BCUT2D eigenvalue weighted by Gasteiger charge is -2.57. The summed E-state index contributed by atoms with van der Waals surface area (Å²) in [6.45, 7) is 18.0. The fraction of sp³-hybridized carbons (Fsp3) is 0.600. The molecule has 1 aromatic carbocycles. The first kappa shape index (κ1) is 47.2. The molecule has 6 aliphatic rings. The number of nitrogens with one attached hydrogen (secondary N) is 1. The number of fused-ring (bicyclic) bond motifs is 4. The Labute approximate surface area is 375 Å². The lowest BCUT2D eigenvalue weighted by atomic mass is 9.48. The van der Waals surface area contributed by atoms with Gasteiger partial charge in [-0.05, 0) is 115 Å². The van der Waals surface area contributed by atoms with Gasteiger partial charge in [0.2, 0.25) is 5.78 Å². The first-order chi connectivity index (χ1) is 29.8. The number of aromatic hydroxyl groups is 1. The number of hydrogen-bond donors (Lipinski definition) is 6. The number of amides is 1. The maximum absolute atomic E-state index is 15.2. The van der Waals surface area contributed by atoms with Gasteiger partial charge in [-0.3, -0.25) is 9.59 Å². The van der Waals surface area contributed by atoms with E-state index in [1.807, 2.05) is 33.8 Å². The maximum Gasteiger partial charge on any atom is 0.346 e. The Balaban J connectivity index is 1.25. The Hall–Kier alpha value is -4.76. The summed E-state index contributed by atoms with van der Waals surface area (Å²) >= 11 is 0. The number of ether oxygens (including phenoxy) is 4. The van der Waals surface area contributed by atoms with Crippen LogP contribution >= 0.6 is 0 Å². The van der Waals surface area contributed by atoms with Crippen molar-refractivity contribution in [2.75, 3.05) is 7.11 Å². The number of carboxylic acids is 1. The van der Waals surface area contributed by atoms with Gasteiger partial charge in [-0.2, -0.15) is 0 Å². The second-order valence-electron chi connectivity index (χ2n) is 20.3. The third-order valence-corrected chi connectivity index (χ3v) is 15.7. The Morgan fingerprint density at radius 1 is 0.984 bits per heavy atom. The van der Waals surface area contributed by atoms with Crippen molar-refractivity contribution >= 4 is 23.6 Å². The van der Waals surface area contributed by atoms with Crippen LogP contribution in [0.2, 0.25) is 0 Å². The number of phenols is 1. The molecule has 2 heterocycles. The molecule has 0 aromatic heterocycles. The fourth-order valence-corrected chi connectivity index (χ4v) is 12.6. The van der Waals surface area contributed by atoms with Gasteiger partial charge in [0.15, 0.2) is 11.9 Å². The van der Waals surface area contributed by atoms with Crippen LogP contribution in [0, 0.1) is 47.3 Å². The monoisotopic (exact) mass is 887 g/mol. The standard InChI is InChI=1S/C50H65NO13/c1-23-13-12-14-25(3)38-27(5)18-31-33(48(38,9)40(53)37-41(54)50(64-45(37)59)21-28(6)32(44(57)58)22-47(50,8)20-23)15-24(2)16-35(31)63-46-42(55)49(10,60)39(29(7)62-46)51-43(56)36-26(4)17-30(61-11)19-34(36)52/h14-15,17,19-20,22,27-29,31,33,35,38-39,42,46,52-53,55,60H,12-13,16,18,21H2,1-11H3,(H,51,56)(H,57,58)/b23-20+,25-14-,40-37?.